The number of aliphatic carboxylic acids is 1. The molecule has 77 heavy (non-hydrogen) atoms. The maximum Gasteiger partial charge on any atom is 0.361 e. The molecule has 0 aliphatic heterocycles. The Labute approximate surface area is 469 Å². The van der Waals surface area contributed by atoms with E-state index in [1.165, 1.54) is 0 Å². The van der Waals surface area contributed by atoms with Crippen LogP contribution in [0.25, 0.3) is 0 Å². The van der Waals surface area contributed by atoms with Crippen molar-refractivity contribution in [1.29, 1.82) is 0 Å². The maximum absolute atomic E-state index is 12.8. The lowest BCUT2D eigenvalue weighted by Crippen LogP contribution is -2.40. The van der Waals surface area contributed by atoms with Gasteiger partial charge in [0.25, 0.3) is 6.29 Å². The number of allylic oxidation sites excluding steroid dienone is 28. The summed E-state index contributed by atoms with van der Waals surface area (Å²) in [6.07, 6.45) is 83.1. The van der Waals surface area contributed by atoms with Crippen LogP contribution in [0.2, 0.25) is 0 Å². The lowest BCUT2D eigenvalue weighted by atomic mass is 10.1. The van der Waals surface area contributed by atoms with E-state index < -0.39 is 24.3 Å². The number of hydrogen-bond acceptors (Lipinski definition) is 7. The minimum Gasteiger partial charge on any atom is -0.477 e. The number of likely N-dealkylation sites (N-methyl/N-ethyl adjacent to an activating group) is 1. The molecule has 0 radical (unpaired) electrons. The van der Waals surface area contributed by atoms with E-state index in [-0.39, 0.29) is 38.6 Å². The van der Waals surface area contributed by atoms with Gasteiger partial charge in [-0.1, -0.05) is 210 Å². The third-order valence-electron chi connectivity index (χ3n) is 11.5. The number of rotatable bonds is 51. The molecule has 2 atom stereocenters. The van der Waals surface area contributed by atoms with E-state index >= 15 is 0 Å². The van der Waals surface area contributed by atoms with Crippen molar-refractivity contribution in [3.63, 3.8) is 0 Å². The number of ether oxygens (including phenoxy) is 4. The third kappa shape index (κ3) is 58.2. The molecule has 0 rings (SSSR count). The Kier molecular flexibility index (Phi) is 52.9. The van der Waals surface area contributed by atoms with Crippen LogP contribution in [0.15, 0.2) is 170 Å². The van der Waals surface area contributed by atoms with Crippen molar-refractivity contribution < 1.29 is 42.9 Å². The van der Waals surface area contributed by atoms with Crippen LogP contribution in [-0.2, 0) is 33.3 Å². The van der Waals surface area contributed by atoms with Crippen molar-refractivity contribution >= 4 is 17.9 Å². The highest BCUT2D eigenvalue weighted by Gasteiger charge is 2.25. The van der Waals surface area contributed by atoms with Crippen molar-refractivity contribution in [2.45, 2.75) is 193 Å². The molecular formula is C68H106NO8+. The molecule has 9 heteroatoms. The standard InChI is InChI=1S/C68H105NO8/c1-6-8-10-12-14-16-18-20-21-22-23-24-25-26-27-28-29-30-31-32-33-34-35-36-37-38-39-40-41-42-43-44-45-47-49-51-53-55-57-59-66(71)77-64(63-76-68(67(72)73)74-61-60-69(3,4)5)62-75-65(70)58-56-54-52-50-48-46-19-17-15-13-11-9-7-2/h8-11,14-17,20-21,23-24,26-27,29-30,32-33,35-36,38-39,41-42,44-46,48,64,68H,6-7,12-13,18-19,22,25,28,31,34,37,40,43,47,49-63H2,1-5H3/p+1/b10-8-,11-9-,16-14-,17-15-,21-20-,24-23-,27-26-,30-29-,33-32-,36-35-,39-38-,42-41-,45-44-,48-46-. The zero-order valence-electron chi connectivity index (χ0n) is 48.8. The van der Waals surface area contributed by atoms with Crippen LogP contribution in [-0.4, -0.2) is 87.4 Å². The fourth-order valence-corrected chi connectivity index (χ4v) is 7.03. The lowest BCUT2D eigenvalue weighted by molar-refractivity contribution is -0.870. The summed E-state index contributed by atoms with van der Waals surface area (Å²) in [6.45, 7) is 4.54. The first kappa shape index (κ1) is 71.7. The highest BCUT2D eigenvalue weighted by atomic mass is 16.7. The number of quaternary nitrogens is 1. The molecule has 1 N–H and O–H groups in total. The molecule has 0 heterocycles. The molecule has 0 fully saturated rings. The van der Waals surface area contributed by atoms with Crippen LogP contribution in [0.1, 0.15) is 181 Å². The smallest absolute Gasteiger partial charge is 0.361 e. The zero-order valence-corrected chi connectivity index (χ0v) is 48.8. The molecule has 0 aliphatic rings. The topological polar surface area (TPSA) is 108 Å². The summed E-state index contributed by atoms with van der Waals surface area (Å²) in [5, 5.41) is 9.68. The molecule has 2 unspecified atom stereocenters. The summed E-state index contributed by atoms with van der Waals surface area (Å²) in [4.78, 5) is 37.3. The number of carbonyl (C=O) groups is 3. The molecule has 0 amide bonds. The second-order valence-corrected chi connectivity index (χ2v) is 19.8. The van der Waals surface area contributed by atoms with Gasteiger partial charge in [0.2, 0.25) is 0 Å². The van der Waals surface area contributed by atoms with Crippen LogP contribution >= 0.6 is 0 Å². The lowest BCUT2D eigenvalue weighted by Gasteiger charge is -2.25. The summed E-state index contributed by atoms with van der Waals surface area (Å²) in [5.41, 5.74) is 0. The highest BCUT2D eigenvalue weighted by molar-refractivity contribution is 5.71. The van der Waals surface area contributed by atoms with Crippen molar-refractivity contribution in [3.8, 4) is 0 Å². The molecule has 9 nitrogen and oxygen atoms in total. The number of carboxylic acid groups (broad SMARTS) is 1. The highest BCUT2D eigenvalue weighted by Crippen LogP contribution is 2.12. The average molecular weight is 1070 g/mol. The fraction of sp³-hybridized carbons (Fsp3) is 0.544. The Bertz CT molecular complexity index is 1860. The summed E-state index contributed by atoms with van der Waals surface area (Å²) in [6, 6.07) is 0. The number of esters is 2. The van der Waals surface area contributed by atoms with Crippen molar-refractivity contribution in [2.75, 3.05) is 47.5 Å². The molecule has 0 aliphatic carbocycles. The van der Waals surface area contributed by atoms with Crippen LogP contribution < -0.4 is 0 Å². The van der Waals surface area contributed by atoms with E-state index in [0.29, 0.717) is 23.9 Å². The Hall–Kier alpha value is -5.35. The van der Waals surface area contributed by atoms with Crippen LogP contribution in [0.3, 0.4) is 0 Å². The van der Waals surface area contributed by atoms with Crippen LogP contribution in [0.4, 0.5) is 0 Å². The minimum atomic E-state index is -1.53. The van der Waals surface area contributed by atoms with E-state index in [1.54, 1.807) is 0 Å². The molecule has 0 spiro atoms. The van der Waals surface area contributed by atoms with Gasteiger partial charge in [0.1, 0.15) is 13.2 Å². The maximum atomic E-state index is 12.8. The van der Waals surface area contributed by atoms with Gasteiger partial charge in [-0.3, -0.25) is 9.59 Å². The van der Waals surface area contributed by atoms with Gasteiger partial charge in [-0.25, -0.2) is 4.79 Å². The number of unbranched alkanes of at least 4 members (excludes halogenated alkanes) is 8. The summed E-state index contributed by atoms with van der Waals surface area (Å²) < 4.78 is 22.7. The van der Waals surface area contributed by atoms with Gasteiger partial charge in [0.15, 0.2) is 6.10 Å². The molecule has 0 aromatic rings. The first-order valence-electron chi connectivity index (χ1n) is 29.3. The van der Waals surface area contributed by atoms with Gasteiger partial charge in [-0.05, 0) is 128 Å². The van der Waals surface area contributed by atoms with Crippen molar-refractivity contribution in [2.24, 2.45) is 0 Å². The van der Waals surface area contributed by atoms with E-state index in [0.717, 1.165) is 141 Å². The van der Waals surface area contributed by atoms with Gasteiger partial charge < -0.3 is 28.5 Å². The van der Waals surface area contributed by atoms with Gasteiger partial charge in [-0.2, -0.15) is 0 Å². The first-order valence-corrected chi connectivity index (χ1v) is 29.3. The van der Waals surface area contributed by atoms with E-state index in [1.807, 2.05) is 21.1 Å². The molecule has 0 saturated carbocycles. The third-order valence-corrected chi connectivity index (χ3v) is 11.5. The summed E-state index contributed by atoms with van der Waals surface area (Å²) in [5.74, 6) is -2.10. The minimum absolute atomic E-state index is 0.169. The summed E-state index contributed by atoms with van der Waals surface area (Å²) in [7, 11) is 5.93. The molecule has 0 aromatic heterocycles. The van der Waals surface area contributed by atoms with Gasteiger partial charge in [-0.15, -0.1) is 0 Å². The monoisotopic (exact) mass is 1060 g/mol. The molecule has 0 saturated heterocycles. The van der Waals surface area contributed by atoms with Crippen LogP contribution in [0.5, 0.6) is 0 Å². The predicted molar refractivity (Wildman–Crippen MR) is 326 cm³/mol. The van der Waals surface area contributed by atoms with Gasteiger partial charge in [0.05, 0.1) is 34.4 Å². The Morgan fingerprint density at radius 2 is 0.701 bits per heavy atom. The molecule has 430 valence electrons. The van der Waals surface area contributed by atoms with E-state index in [4.69, 9.17) is 18.9 Å². The molecular weight excluding hydrogens is 959 g/mol. The average Bonchev–Trinajstić information content (AvgIpc) is 3.40. The Morgan fingerprint density at radius 3 is 1.05 bits per heavy atom. The number of hydrogen-bond donors (Lipinski definition) is 1. The van der Waals surface area contributed by atoms with E-state index in [2.05, 4.69) is 184 Å². The normalized spacial score (nSPS) is 14.0. The van der Waals surface area contributed by atoms with E-state index in [9.17, 15) is 19.5 Å². The summed E-state index contributed by atoms with van der Waals surface area (Å²) >= 11 is 0. The number of nitrogens with zero attached hydrogens (tertiary/aromatic N) is 1. The van der Waals surface area contributed by atoms with Gasteiger partial charge in [0, 0.05) is 12.8 Å². The zero-order chi connectivity index (χ0) is 56.2. The largest absolute Gasteiger partial charge is 0.477 e. The number of carboxylic acids is 1. The molecule has 0 bridgehead atoms. The number of carbonyl (C=O) groups excluding carboxylic acids is 2. The fourth-order valence-electron chi connectivity index (χ4n) is 7.03. The Morgan fingerprint density at radius 1 is 0.390 bits per heavy atom. The Balaban J connectivity index is 4.26. The second-order valence-electron chi connectivity index (χ2n) is 19.8. The molecule has 0 aromatic carbocycles. The van der Waals surface area contributed by atoms with Crippen molar-refractivity contribution in [3.05, 3.63) is 170 Å². The SMILES string of the molecule is CC/C=C\C/C=C\C/C=C\C/C=C\C/C=C\C/C=C\C/C=C\C/C=C\C/C=C\C/C=C\C/C=C\CCCCCCCC(=O)OC(COC(=O)CCCCC/C=C\C/C=C\C/C=C\CC)COC(OCC[N+](C)(C)C)C(=O)O. The van der Waals surface area contributed by atoms with Gasteiger partial charge >= 0.3 is 17.9 Å². The quantitative estimate of drug-likeness (QED) is 0.0211. The predicted octanol–water partition coefficient (Wildman–Crippen LogP) is 17.6. The second kappa shape index (κ2) is 56.8. The first-order chi connectivity index (χ1) is 37.6. The van der Waals surface area contributed by atoms with Crippen LogP contribution in [0, 0.1) is 0 Å². The van der Waals surface area contributed by atoms with Crippen molar-refractivity contribution in [1.82, 2.24) is 0 Å².